The number of anilines is 1. The lowest BCUT2D eigenvalue weighted by atomic mass is 10.1. The highest BCUT2D eigenvalue weighted by atomic mass is 32.2. The zero-order valence-corrected chi connectivity index (χ0v) is 21.0. The molecule has 1 unspecified atom stereocenters. The van der Waals surface area contributed by atoms with Crippen LogP contribution in [-0.4, -0.2) is 41.2 Å². The SMILES string of the molecule is CCOc1cc(/C=C2\SC(=O)N(CC(=O)Nc3ccc(C)c(C)c3)C2=O)ccc1OC(C)CC. The zero-order chi connectivity index (χ0) is 24.8. The Balaban J connectivity index is 1.72. The molecule has 0 aliphatic carbocycles. The summed E-state index contributed by atoms with van der Waals surface area (Å²) in [5, 5.41) is 2.27. The summed E-state index contributed by atoms with van der Waals surface area (Å²) in [7, 11) is 0. The number of nitrogens with one attached hydrogen (secondary N) is 1. The van der Waals surface area contributed by atoms with E-state index in [1.807, 2.05) is 46.8 Å². The molecule has 0 radical (unpaired) electrons. The summed E-state index contributed by atoms with van der Waals surface area (Å²) in [6.45, 7) is 9.96. The van der Waals surface area contributed by atoms with Gasteiger partial charge in [0.2, 0.25) is 5.91 Å². The Kier molecular flexibility index (Phi) is 8.39. The second kappa shape index (κ2) is 11.2. The normalized spacial score (nSPS) is 15.6. The fourth-order valence-electron chi connectivity index (χ4n) is 3.23. The van der Waals surface area contributed by atoms with Gasteiger partial charge < -0.3 is 14.8 Å². The Labute approximate surface area is 204 Å². The van der Waals surface area contributed by atoms with Crippen LogP contribution >= 0.6 is 11.8 Å². The maximum absolute atomic E-state index is 12.8. The first-order valence-corrected chi connectivity index (χ1v) is 12.1. The van der Waals surface area contributed by atoms with Gasteiger partial charge in [-0.15, -0.1) is 0 Å². The highest BCUT2D eigenvalue weighted by molar-refractivity contribution is 8.18. The van der Waals surface area contributed by atoms with Crippen LogP contribution in [0.3, 0.4) is 0 Å². The molecule has 2 aromatic carbocycles. The monoisotopic (exact) mass is 482 g/mol. The third-order valence-corrected chi connectivity index (χ3v) is 6.34. The van der Waals surface area contributed by atoms with Gasteiger partial charge in [0.15, 0.2) is 11.5 Å². The van der Waals surface area contributed by atoms with E-state index in [9.17, 15) is 14.4 Å². The van der Waals surface area contributed by atoms with E-state index in [0.29, 0.717) is 29.4 Å². The summed E-state index contributed by atoms with van der Waals surface area (Å²) < 4.78 is 11.6. The molecule has 1 heterocycles. The number of rotatable bonds is 9. The molecule has 3 amide bonds. The molecule has 1 aliphatic rings. The summed E-state index contributed by atoms with van der Waals surface area (Å²) in [5.74, 6) is 0.271. The molecule has 1 N–H and O–H groups in total. The van der Waals surface area contributed by atoms with Crippen LogP contribution in [0.1, 0.15) is 43.9 Å². The van der Waals surface area contributed by atoms with Gasteiger partial charge in [-0.05, 0) is 92.9 Å². The second-order valence-corrected chi connectivity index (χ2v) is 9.08. The maximum atomic E-state index is 12.8. The van der Waals surface area contributed by atoms with E-state index in [4.69, 9.17) is 9.47 Å². The van der Waals surface area contributed by atoms with Crippen LogP contribution < -0.4 is 14.8 Å². The third-order valence-electron chi connectivity index (χ3n) is 5.43. The number of hydrogen-bond acceptors (Lipinski definition) is 6. The number of benzene rings is 2. The lowest BCUT2D eigenvalue weighted by molar-refractivity contribution is -0.127. The number of hydrogen-bond donors (Lipinski definition) is 1. The van der Waals surface area contributed by atoms with E-state index in [1.54, 1.807) is 30.3 Å². The molecule has 7 nitrogen and oxygen atoms in total. The fourth-order valence-corrected chi connectivity index (χ4v) is 4.07. The molecule has 2 aromatic rings. The van der Waals surface area contributed by atoms with Crippen molar-refractivity contribution in [2.24, 2.45) is 0 Å². The summed E-state index contributed by atoms with van der Waals surface area (Å²) in [6.07, 6.45) is 2.52. The van der Waals surface area contributed by atoms with E-state index in [1.165, 1.54) is 0 Å². The van der Waals surface area contributed by atoms with Crippen LogP contribution in [0.25, 0.3) is 6.08 Å². The summed E-state index contributed by atoms with van der Waals surface area (Å²) in [5.41, 5.74) is 3.48. The van der Waals surface area contributed by atoms with Crippen molar-refractivity contribution in [1.29, 1.82) is 0 Å². The summed E-state index contributed by atoms with van der Waals surface area (Å²) >= 11 is 0.813. The second-order valence-electron chi connectivity index (χ2n) is 8.09. The Bertz CT molecular complexity index is 1130. The van der Waals surface area contributed by atoms with Gasteiger partial charge in [0.05, 0.1) is 17.6 Å². The van der Waals surface area contributed by atoms with Crippen LogP contribution in [0.2, 0.25) is 0 Å². The lowest BCUT2D eigenvalue weighted by Gasteiger charge is -2.16. The third kappa shape index (κ3) is 6.20. The van der Waals surface area contributed by atoms with Gasteiger partial charge in [-0.2, -0.15) is 0 Å². The molecule has 0 aromatic heterocycles. The smallest absolute Gasteiger partial charge is 0.294 e. The number of imide groups is 1. The number of nitrogens with zero attached hydrogens (tertiary/aromatic N) is 1. The van der Waals surface area contributed by atoms with E-state index in [-0.39, 0.29) is 17.6 Å². The highest BCUT2D eigenvalue weighted by Crippen LogP contribution is 2.35. The Hall–Kier alpha value is -3.26. The molecule has 1 aliphatic heterocycles. The Morgan fingerprint density at radius 1 is 1.09 bits per heavy atom. The Morgan fingerprint density at radius 2 is 1.85 bits per heavy atom. The fraction of sp³-hybridized carbons (Fsp3) is 0.346. The van der Waals surface area contributed by atoms with Gasteiger partial charge in [0.25, 0.3) is 11.1 Å². The molecule has 1 fully saturated rings. The van der Waals surface area contributed by atoms with Crippen LogP contribution in [0.15, 0.2) is 41.3 Å². The lowest BCUT2D eigenvalue weighted by Crippen LogP contribution is -2.36. The minimum absolute atomic E-state index is 0.0385. The molecule has 0 spiro atoms. The number of ether oxygens (including phenoxy) is 2. The predicted molar refractivity (Wildman–Crippen MR) is 135 cm³/mol. The summed E-state index contributed by atoms with van der Waals surface area (Å²) in [6, 6.07) is 10.9. The van der Waals surface area contributed by atoms with Gasteiger partial charge in [0, 0.05) is 5.69 Å². The van der Waals surface area contributed by atoms with Crippen molar-refractivity contribution >= 4 is 40.6 Å². The molecule has 1 atom stereocenters. The molecule has 1 saturated heterocycles. The largest absolute Gasteiger partial charge is 0.490 e. The first kappa shape index (κ1) is 25.4. The standard InChI is InChI=1S/C26H30N2O5S/c1-6-18(5)33-21-11-9-19(13-22(21)32-7-2)14-23-25(30)28(26(31)34-23)15-24(29)27-20-10-8-16(3)17(4)12-20/h8-14,18H,6-7,15H2,1-5H3,(H,27,29)/b23-14-. The molecule has 8 heteroatoms. The van der Waals surface area contributed by atoms with Gasteiger partial charge in [0.1, 0.15) is 6.54 Å². The number of carbonyl (C=O) groups excluding carboxylic acids is 3. The maximum Gasteiger partial charge on any atom is 0.294 e. The molecule has 0 saturated carbocycles. The molecule has 0 bridgehead atoms. The van der Waals surface area contributed by atoms with Crippen molar-refractivity contribution in [1.82, 2.24) is 4.90 Å². The van der Waals surface area contributed by atoms with Crippen molar-refractivity contribution in [2.45, 2.75) is 47.1 Å². The van der Waals surface area contributed by atoms with Crippen molar-refractivity contribution in [3.8, 4) is 11.5 Å². The molecular formula is C26H30N2O5S. The van der Waals surface area contributed by atoms with Gasteiger partial charge in [-0.1, -0.05) is 19.1 Å². The van der Waals surface area contributed by atoms with Gasteiger partial charge in [-0.3, -0.25) is 19.3 Å². The molecule has 180 valence electrons. The highest BCUT2D eigenvalue weighted by Gasteiger charge is 2.36. The predicted octanol–water partition coefficient (Wildman–Crippen LogP) is 5.55. The quantitative estimate of drug-likeness (QED) is 0.472. The van der Waals surface area contributed by atoms with E-state index in [0.717, 1.165) is 34.2 Å². The topological polar surface area (TPSA) is 84.9 Å². The van der Waals surface area contributed by atoms with Crippen LogP contribution in [-0.2, 0) is 9.59 Å². The van der Waals surface area contributed by atoms with Crippen molar-refractivity contribution in [3.05, 3.63) is 58.0 Å². The van der Waals surface area contributed by atoms with Crippen molar-refractivity contribution in [2.75, 3.05) is 18.5 Å². The average Bonchev–Trinajstić information content (AvgIpc) is 3.05. The van der Waals surface area contributed by atoms with Gasteiger partial charge in [-0.25, -0.2) is 0 Å². The summed E-state index contributed by atoms with van der Waals surface area (Å²) in [4.78, 5) is 39.0. The van der Waals surface area contributed by atoms with E-state index in [2.05, 4.69) is 5.32 Å². The minimum atomic E-state index is -0.497. The van der Waals surface area contributed by atoms with Crippen LogP contribution in [0.4, 0.5) is 10.5 Å². The molecular weight excluding hydrogens is 452 g/mol. The van der Waals surface area contributed by atoms with Gasteiger partial charge >= 0.3 is 0 Å². The van der Waals surface area contributed by atoms with Crippen molar-refractivity contribution in [3.63, 3.8) is 0 Å². The Morgan fingerprint density at radius 3 is 2.53 bits per heavy atom. The number of thioether (sulfide) groups is 1. The van der Waals surface area contributed by atoms with E-state index >= 15 is 0 Å². The minimum Gasteiger partial charge on any atom is -0.490 e. The first-order chi connectivity index (χ1) is 16.2. The average molecular weight is 483 g/mol. The van der Waals surface area contributed by atoms with Crippen molar-refractivity contribution < 1.29 is 23.9 Å². The molecule has 34 heavy (non-hydrogen) atoms. The molecule has 3 rings (SSSR count). The van der Waals surface area contributed by atoms with Crippen LogP contribution in [0.5, 0.6) is 11.5 Å². The zero-order valence-electron chi connectivity index (χ0n) is 20.1. The van der Waals surface area contributed by atoms with E-state index < -0.39 is 17.1 Å². The number of carbonyl (C=O) groups is 3. The first-order valence-electron chi connectivity index (χ1n) is 11.3. The number of aryl methyl sites for hydroxylation is 2. The number of amides is 3. The van der Waals surface area contributed by atoms with Crippen LogP contribution in [0, 0.1) is 13.8 Å².